The quantitative estimate of drug-likeness (QED) is 0.224. The average molecular weight is 522 g/mol. The fraction of sp³-hybridized carbons (Fsp3) is 0.304. The van der Waals surface area contributed by atoms with E-state index in [-0.39, 0.29) is 25.1 Å². The maximum absolute atomic E-state index is 11.2. The van der Waals surface area contributed by atoms with E-state index < -0.39 is 26.0 Å². The lowest BCUT2D eigenvalue weighted by atomic mass is 10.1. The van der Waals surface area contributed by atoms with Crippen molar-refractivity contribution in [2.45, 2.75) is 32.2 Å². The number of para-hydroxylation sites is 3. The first-order valence-corrected chi connectivity index (χ1v) is 14.2. The summed E-state index contributed by atoms with van der Waals surface area (Å²) >= 11 is 0. The Bertz CT molecular complexity index is 1550. The SMILES string of the molecule is O=S(=O)(O)CCCc1cccc2oc(C=CCc3nc4ccccc4o3)[n+](CCCS(=O)(=O)O)c12. The van der Waals surface area contributed by atoms with E-state index in [1.165, 1.54) is 0 Å². The van der Waals surface area contributed by atoms with Gasteiger partial charge in [-0.15, -0.1) is 0 Å². The Hall–Kier alpha value is -3.06. The molecular formula is C23H25N2O8S2+. The summed E-state index contributed by atoms with van der Waals surface area (Å²) in [5.74, 6) is 0.196. The van der Waals surface area contributed by atoms with Gasteiger partial charge in [0.25, 0.3) is 25.8 Å². The maximum Gasteiger partial charge on any atom is 0.373 e. The zero-order chi connectivity index (χ0) is 25.1. The van der Waals surface area contributed by atoms with Gasteiger partial charge < -0.3 is 8.83 Å². The molecule has 0 unspecified atom stereocenters. The summed E-state index contributed by atoms with van der Waals surface area (Å²) in [5.41, 5.74) is 3.48. The summed E-state index contributed by atoms with van der Waals surface area (Å²) < 4.78 is 76.4. The van der Waals surface area contributed by atoms with E-state index in [4.69, 9.17) is 17.9 Å². The average Bonchev–Trinajstić information content (AvgIpc) is 3.33. The van der Waals surface area contributed by atoms with Gasteiger partial charge in [-0.05, 0) is 31.0 Å². The molecule has 10 nitrogen and oxygen atoms in total. The van der Waals surface area contributed by atoms with Crippen LogP contribution in [-0.2, 0) is 39.6 Å². The summed E-state index contributed by atoms with van der Waals surface area (Å²) in [5, 5.41) is 0. The van der Waals surface area contributed by atoms with Gasteiger partial charge in [-0.25, -0.2) is 4.98 Å². The lowest BCUT2D eigenvalue weighted by molar-refractivity contribution is -0.678. The monoisotopic (exact) mass is 521 g/mol. The first-order valence-electron chi connectivity index (χ1n) is 10.9. The zero-order valence-corrected chi connectivity index (χ0v) is 20.3. The van der Waals surface area contributed by atoms with Crippen LogP contribution in [0.15, 0.2) is 57.4 Å². The Morgan fingerprint density at radius 1 is 0.886 bits per heavy atom. The molecular weight excluding hydrogens is 496 g/mol. The smallest absolute Gasteiger partial charge is 0.373 e. The molecule has 186 valence electrons. The molecule has 0 aliphatic rings. The van der Waals surface area contributed by atoms with E-state index in [9.17, 15) is 16.8 Å². The standard InChI is InChI=1S/C23H24N2O8S2/c26-34(27,28)15-5-8-17-7-3-11-20-23(17)25(14-6-16-35(29,30)31)22(33-20)13-4-12-21-24-18-9-1-2-10-19(18)32-21/h1-4,7,9-11,13H,5-6,8,12,14-16H2,(H-,26,27,28,29,30,31)/p+1. The van der Waals surface area contributed by atoms with Gasteiger partial charge >= 0.3 is 5.89 Å². The van der Waals surface area contributed by atoms with Gasteiger partial charge in [-0.2, -0.15) is 21.4 Å². The predicted octanol–water partition coefficient (Wildman–Crippen LogP) is 3.22. The van der Waals surface area contributed by atoms with E-state index in [0.29, 0.717) is 41.3 Å². The van der Waals surface area contributed by atoms with Gasteiger partial charge in [0, 0.05) is 24.5 Å². The fourth-order valence-electron chi connectivity index (χ4n) is 3.90. The Morgan fingerprint density at radius 2 is 1.60 bits per heavy atom. The number of rotatable bonds is 11. The molecule has 0 saturated carbocycles. The molecule has 0 aliphatic heterocycles. The molecule has 12 heteroatoms. The van der Waals surface area contributed by atoms with Crippen LogP contribution in [0.5, 0.6) is 0 Å². The summed E-state index contributed by atoms with van der Waals surface area (Å²) in [6.07, 6.45) is 4.67. The van der Waals surface area contributed by atoms with Crippen LogP contribution in [0.1, 0.15) is 30.2 Å². The lowest BCUT2D eigenvalue weighted by Gasteiger charge is -2.01. The summed E-state index contributed by atoms with van der Waals surface area (Å²) in [4.78, 5) is 4.43. The summed E-state index contributed by atoms with van der Waals surface area (Å²) in [6.45, 7) is 0.241. The van der Waals surface area contributed by atoms with E-state index in [1.807, 2.05) is 36.4 Å². The van der Waals surface area contributed by atoms with E-state index in [0.717, 1.165) is 11.1 Å². The highest BCUT2D eigenvalue weighted by Gasteiger charge is 2.24. The van der Waals surface area contributed by atoms with Crippen LogP contribution in [-0.4, -0.2) is 42.4 Å². The second-order valence-electron chi connectivity index (χ2n) is 8.07. The summed E-state index contributed by atoms with van der Waals surface area (Å²) in [6, 6.07) is 12.8. The molecule has 0 saturated heterocycles. The van der Waals surface area contributed by atoms with Crippen LogP contribution in [0.25, 0.3) is 28.3 Å². The fourth-order valence-corrected chi connectivity index (χ4v) is 4.90. The number of aryl methyl sites for hydroxylation is 2. The maximum atomic E-state index is 11.2. The molecule has 0 spiro atoms. The molecule has 0 fully saturated rings. The highest BCUT2D eigenvalue weighted by Crippen LogP contribution is 2.21. The molecule has 4 aromatic rings. The molecule has 4 rings (SSSR count). The Balaban J connectivity index is 1.62. The van der Waals surface area contributed by atoms with Crippen LogP contribution in [0.2, 0.25) is 0 Å². The van der Waals surface area contributed by atoms with E-state index in [2.05, 4.69) is 4.98 Å². The van der Waals surface area contributed by atoms with Crippen molar-refractivity contribution < 1.29 is 39.3 Å². The van der Waals surface area contributed by atoms with Crippen molar-refractivity contribution in [3.8, 4) is 0 Å². The molecule has 2 aromatic heterocycles. The first-order chi connectivity index (χ1) is 16.6. The highest BCUT2D eigenvalue weighted by atomic mass is 32.2. The second-order valence-corrected chi connectivity index (χ2v) is 11.2. The topological polar surface area (TPSA) is 152 Å². The van der Waals surface area contributed by atoms with Crippen molar-refractivity contribution in [1.82, 2.24) is 4.98 Å². The van der Waals surface area contributed by atoms with Gasteiger partial charge in [0.15, 0.2) is 18.0 Å². The molecule has 0 amide bonds. The number of benzene rings is 2. The molecule has 35 heavy (non-hydrogen) atoms. The van der Waals surface area contributed by atoms with Gasteiger partial charge in [-0.3, -0.25) is 9.11 Å². The minimum Gasteiger partial charge on any atom is -0.440 e. The second kappa shape index (κ2) is 10.3. The van der Waals surface area contributed by atoms with Crippen molar-refractivity contribution in [3.63, 3.8) is 0 Å². The minimum atomic E-state index is -4.13. The largest absolute Gasteiger partial charge is 0.440 e. The molecule has 0 radical (unpaired) electrons. The van der Waals surface area contributed by atoms with Gasteiger partial charge in [0.05, 0.1) is 11.5 Å². The van der Waals surface area contributed by atoms with Gasteiger partial charge in [0.2, 0.25) is 5.58 Å². The number of nitrogens with zero attached hydrogens (tertiary/aromatic N) is 2. The number of hydrogen-bond donors (Lipinski definition) is 2. The molecule has 0 atom stereocenters. The minimum absolute atomic E-state index is 0.142. The van der Waals surface area contributed by atoms with Crippen molar-refractivity contribution in [2.75, 3.05) is 11.5 Å². The van der Waals surface area contributed by atoms with Crippen molar-refractivity contribution >= 4 is 48.5 Å². The van der Waals surface area contributed by atoms with Crippen LogP contribution < -0.4 is 4.57 Å². The summed E-state index contributed by atoms with van der Waals surface area (Å²) in [7, 11) is -8.21. The molecule has 2 heterocycles. The molecule has 0 bridgehead atoms. The van der Waals surface area contributed by atoms with Crippen LogP contribution >= 0.6 is 0 Å². The third kappa shape index (κ3) is 6.75. The normalized spacial score (nSPS) is 12.9. The van der Waals surface area contributed by atoms with Crippen LogP contribution in [0.3, 0.4) is 0 Å². The van der Waals surface area contributed by atoms with Crippen LogP contribution in [0, 0.1) is 0 Å². The van der Waals surface area contributed by atoms with E-state index >= 15 is 0 Å². The molecule has 2 N–H and O–H groups in total. The number of allylic oxidation sites excluding steroid dienone is 1. The zero-order valence-electron chi connectivity index (χ0n) is 18.7. The van der Waals surface area contributed by atoms with Crippen molar-refractivity contribution in [3.05, 3.63) is 65.9 Å². The molecule has 2 aromatic carbocycles. The number of fused-ring (bicyclic) bond motifs is 2. The van der Waals surface area contributed by atoms with Gasteiger partial charge in [-0.1, -0.05) is 30.3 Å². The Kier molecular flexibility index (Phi) is 7.36. The number of oxazole rings is 2. The first kappa shape index (κ1) is 25.0. The van der Waals surface area contributed by atoms with Crippen molar-refractivity contribution in [1.29, 1.82) is 0 Å². The number of aromatic nitrogens is 2. The van der Waals surface area contributed by atoms with Gasteiger partial charge in [0.1, 0.15) is 5.52 Å². The highest BCUT2D eigenvalue weighted by molar-refractivity contribution is 7.86. The third-order valence-electron chi connectivity index (χ3n) is 5.36. The predicted molar refractivity (Wildman–Crippen MR) is 129 cm³/mol. The Morgan fingerprint density at radius 3 is 2.34 bits per heavy atom. The van der Waals surface area contributed by atoms with Crippen molar-refractivity contribution in [2.24, 2.45) is 0 Å². The number of hydrogen-bond acceptors (Lipinski definition) is 7. The van der Waals surface area contributed by atoms with E-state index in [1.54, 1.807) is 22.8 Å². The Labute approximate surface area is 202 Å². The van der Waals surface area contributed by atoms with Crippen LogP contribution in [0.4, 0.5) is 0 Å². The third-order valence-corrected chi connectivity index (χ3v) is 6.97. The lowest BCUT2D eigenvalue weighted by Crippen LogP contribution is -2.37. The molecule has 0 aliphatic carbocycles.